The molecule has 1 heteroatoms. The van der Waals surface area contributed by atoms with Crippen molar-refractivity contribution in [2.45, 2.75) is 13.3 Å². The van der Waals surface area contributed by atoms with Crippen molar-refractivity contribution in [2.75, 3.05) is 5.32 Å². The third kappa shape index (κ3) is 3.32. The molecule has 104 valence electrons. The molecule has 0 fully saturated rings. The van der Waals surface area contributed by atoms with E-state index in [2.05, 4.69) is 72.9 Å². The maximum absolute atomic E-state index is 3.40. The summed E-state index contributed by atoms with van der Waals surface area (Å²) < 4.78 is 0. The third-order valence-electron chi connectivity index (χ3n) is 3.64. The molecule has 0 aromatic heterocycles. The summed E-state index contributed by atoms with van der Waals surface area (Å²) in [5.74, 6) is 0. The summed E-state index contributed by atoms with van der Waals surface area (Å²) in [7, 11) is 0. The van der Waals surface area contributed by atoms with Gasteiger partial charge in [0.05, 0.1) is 0 Å². The maximum atomic E-state index is 3.40. The highest BCUT2D eigenvalue weighted by atomic mass is 14.9. The number of hydrogen-bond acceptors (Lipinski definition) is 1. The van der Waals surface area contributed by atoms with Crippen LogP contribution in [0.3, 0.4) is 0 Å². The summed E-state index contributed by atoms with van der Waals surface area (Å²) >= 11 is 0. The highest BCUT2D eigenvalue weighted by Gasteiger charge is 1.99. The fourth-order valence-electron chi connectivity index (χ4n) is 2.37. The molecule has 3 aromatic carbocycles. The molecular weight excluding hydrogens is 254 g/mol. The predicted molar refractivity (Wildman–Crippen MR) is 91.0 cm³/mol. The molecule has 0 unspecified atom stereocenters. The van der Waals surface area contributed by atoms with E-state index in [4.69, 9.17) is 0 Å². The fraction of sp³-hybridized carbons (Fsp3) is 0.100. The van der Waals surface area contributed by atoms with Crippen molar-refractivity contribution in [3.63, 3.8) is 0 Å². The fourth-order valence-corrected chi connectivity index (χ4v) is 2.37. The van der Waals surface area contributed by atoms with Gasteiger partial charge >= 0.3 is 0 Å². The molecule has 1 nitrogen and oxygen atoms in total. The third-order valence-corrected chi connectivity index (χ3v) is 3.64. The average molecular weight is 273 g/mol. The Morgan fingerprint density at radius 3 is 1.71 bits per heavy atom. The van der Waals surface area contributed by atoms with Crippen molar-refractivity contribution in [3.05, 3.63) is 84.4 Å². The molecule has 0 spiro atoms. The Hall–Kier alpha value is -2.54. The van der Waals surface area contributed by atoms with Crippen molar-refractivity contribution >= 4 is 11.4 Å². The van der Waals surface area contributed by atoms with E-state index in [-0.39, 0.29) is 0 Å². The minimum Gasteiger partial charge on any atom is -0.356 e. The average Bonchev–Trinajstić information content (AvgIpc) is 2.57. The van der Waals surface area contributed by atoms with E-state index < -0.39 is 0 Å². The van der Waals surface area contributed by atoms with Gasteiger partial charge in [-0.3, -0.25) is 0 Å². The normalized spacial score (nSPS) is 10.3. The maximum Gasteiger partial charge on any atom is 0.0384 e. The molecule has 0 amide bonds. The predicted octanol–water partition coefficient (Wildman–Crippen LogP) is 5.66. The summed E-state index contributed by atoms with van der Waals surface area (Å²) in [6.45, 7) is 2.18. The van der Waals surface area contributed by atoms with Gasteiger partial charge in [0.15, 0.2) is 0 Å². The van der Waals surface area contributed by atoms with Crippen LogP contribution in [0.25, 0.3) is 11.1 Å². The molecular formula is C20H19N. The lowest BCUT2D eigenvalue weighted by atomic mass is 10.0. The number of para-hydroxylation sites is 1. The monoisotopic (exact) mass is 273 g/mol. The number of nitrogens with one attached hydrogen (secondary N) is 1. The van der Waals surface area contributed by atoms with Crippen LogP contribution in [0.5, 0.6) is 0 Å². The molecule has 0 aliphatic heterocycles. The highest BCUT2D eigenvalue weighted by molar-refractivity contribution is 5.68. The Morgan fingerprint density at radius 2 is 1.14 bits per heavy atom. The van der Waals surface area contributed by atoms with Gasteiger partial charge < -0.3 is 5.32 Å². The van der Waals surface area contributed by atoms with Crippen molar-refractivity contribution in [1.29, 1.82) is 0 Å². The molecule has 0 bridgehead atoms. The second-order valence-corrected chi connectivity index (χ2v) is 5.12. The van der Waals surface area contributed by atoms with Gasteiger partial charge in [-0.1, -0.05) is 61.5 Å². The van der Waals surface area contributed by atoms with Crippen LogP contribution in [0, 0.1) is 0 Å². The zero-order valence-corrected chi connectivity index (χ0v) is 12.2. The summed E-state index contributed by atoms with van der Waals surface area (Å²) in [5.41, 5.74) is 6.10. The van der Waals surface area contributed by atoms with Crippen LogP contribution >= 0.6 is 0 Å². The number of benzene rings is 3. The van der Waals surface area contributed by atoms with Gasteiger partial charge in [0, 0.05) is 11.4 Å². The quantitative estimate of drug-likeness (QED) is 0.646. The van der Waals surface area contributed by atoms with E-state index in [0.717, 1.165) is 17.8 Å². The Morgan fingerprint density at radius 1 is 0.619 bits per heavy atom. The Kier molecular flexibility index (Phi) is 4.02. The number of rotatable bonds is 4. The first-order valence-electron chi connectivity index (χ1n) is 7.36. The second kappa shape index (κ2) is 6.27. The van der Waals surface area contributed by atoms with Crippen molar-refractivity contribution in [2.24, 2.45) is 0 Å². The van der Waals surface area contributed by atoms with Gasteiger partial charge in [-0.2, -0.15) is 0 Å². The largest absolute Gasteiger partial charge is 0.356 e. The highest BCUT2D eigenvalue weighted by Crippen LogP contribution is 2.23. The molecule has 0 radical (unpaired) electrons. The summed E-state index contributed by atoms with van der Waals surface area (Å²) in [5, 5.41) is 3.40. The minimum atomic E-state index is 1.08. The molecule has 1 N–H and O–H groups in total. The standard InChI is InChI=1S/C20H19N/c1-2-16-8-10-17(11-9-16)18-12-14-20(15-13-18)21-19-6-4-3-5-7-19/h3-15,21H,2H2,1H3. The first-order chi connectivity index (χ1) is 10.3. The lowest BCUT2D eigenvalue weighted by Crippen LogP contribution is -1.89. The van der Waals surface area contributed by atoms with Gasteiger partial charge in [0.2, 0.25) is 0 Å². The van der Waals surface area contributed by atoms with E-state index in [1.54, 1.807) is 0 Å². The van der Waals surface area contributed by atoms with Gasteiger partial charge in [-0.15, -0.1) is 0 Å². The molecule has 0 aliphatic rings. The molecule has 3 rings (SSSR count). The van der Waals surface area contributed by atoms with Gasteiger partial charge in [-0.25, -0.2) is 0 Å². The van der Waals surface area contributed by atoms with Gasteiger partial charge in [0.25, 0.3) is 0 Å². The lowest BCUT2D eigenvalue weighted by Gasteiger charge is -2.08. The van der Waals surface area contributed by atoms with Crippen LogP contribution in [0.4, 0.5) is 11.4 Å². The van der Waals surface area contributed by atoms with E-state index >= 15 is 0 Å². The molecule has 3 aromatic rings. The SMILES string of the molecule is CCc1ccc(-c2ccc(Nc3ccccc3)cc2)cc1. The number of anilines is 2. The Balaban J connectivity index is 1.77. The zero-order valence-electron chi connectivity index (χ0n) is 12.2. The van der Waals surface area contributed by atoms with Crippen LogP contribution in [-0.4, -0.2) is 0 Å². The van der Waals surface area contributed by atoms with Crippen LogP contribution < -0.4 is 5.32 Å². The van der Waals surface area contributed by atoms with E-state index in [1.165, 1.54) is 16.7 Å². The minimum absolute atomic E-state index is 1.08. The van der Waals surface area contributed by atoms with Crippen molar-refractivity contribution < 1.29 is 0 Å². The zero-order chi connectivity index (χ0) is 14.5. The van der Waals surface area contributed by atoms with E-state index in [0.29, 0.717) is 0 Å². The van der Waals surface area contributed by atoms with Crippen molar-refractivity contribution in [1.82, 2.24) is 0 Å². The number of aryl methyl sites for hydroxylation is 1. The van der Waals surface area contributed by atoms with Gasteiger partial charge in [0.1, 0.15) is 0 Å². The summed E-state index contributed by atoms with van der Waals surface area (Å²) in [6.07, 6.45) is 1.08. The molecule has 21 heavy (non-hydrogen) atoms. The summed E-state index contributed by atoms with van der Waals surface area (Å²) in [6, 6.07) is 27.6. The summed E-state index contributed by atoms with van der Waals surface area (Å²) in [4.78, 5) is 0. The van der Waals surface area contributed by atoms with Crippen molar-refractivity contribution in [3.8, 4) is 11.1 Å². The van der Waals surface area contributed by atoms with E-state index in [1.807, 2.05) is 18.2 Å². The Labute approximate surface area is 126 Å². The van der Waals surface area contributed by atoms with Crippen LogP contribution in [-0.2, 0) is 6.42 Å². The molecule has 0 aliphatic carbocycles. The molecule has 0 saturated heterocycles. The molecule has 0 saturated carbocycles. The first-order valence-corrected chi connectivity index (χ1v) is 7.36. The Bertz CT molecular complexity index is 682. The van der Waals surface area contributed by atoms with Gasteiger partial charge in [-0.05, 0) is 47.4 Å². The molecule has 0 atom stereocenters. The van der Waals surface area contributed by atoms with E-state index in [9.17, 15) is 0 Å². The van der Waals surface area contributed by atoms with Crippen LogP contribution in [0.15, 0.2) is 78.9 Å². The van der Waals surface area contributed by atoms with Crippen LogP contribution in [0.1, 0.15) is 12.5 Å². The second-order valence-electron chi connectivity index (χ2n) is 5.12. The number of hydrogen-bond donors (Lipinski definition) is 1. The topological polar surface area (TPSA) is 12.0 Å². The molecule has 0 heterocycles. The lowest BCUT2D eigenvalue weighted by molar-refractivity contribution is 1.14. The van der Waals surface area contributed by atoms with Crippen LogP contribution in [0.2, 0.25) is 0 Å². The first kappa shape index (κ1) is 13.4. The smallest absolute Gasteiger partial charge is 0.0384 e.